The Morgan fingerprint density at radius 2 is 1.28 bits per heavy atom. The number of phenolic OH excluding ortho intramolecular Hbond substituents is 2. The molecule has 2 fully saturated rings. The first kappa shape index (κ1) is 20.3. The van der Waals surface area contributed by atoms with E-state index in [1.165, 1.54) is 75.3 Å². The maximum atomic E-state index is 11.1. The van der Waals surface area contributed by atoms with Crippen LogP contribution in [0, 0.1) is 13.8 Å². The van der Waals surface area contributed by atoms with Gasteiger partial charge in [0, 0.05) is 6.42 Å². The Bertz CT molecular complexity index is 855. The van der Waals surface area contributed by atoms with Crippen LogP contribution in [0.15, 0.2) is 24.3 Å². The number of aryl methyl sites for hydroxylation is 2. The zero-order valence-corrected chi connectivity index (χ0v) is 18.1. The highest BCUT2D eigenvalue weighted by Gasteiger charge is 2.23. The second-order valence-corrected chi connectivity index (χ2v) is 9.55. The van der Waals surface area contributed by atoms with Crippen LogP contribution in [0.3, 0.4) is 0 Å². The molecule has 0 aliphatic heterocycles. The van der Waals surface area contributed by atoms with E-state index in [4.69, 9.17) is 0 Å². The summed E-state index contributed by atoms with van der Waals surface area (Å²) in [5.74, 6) is 1.92. The van der Waals surface area contributed by atoms with E-state index in [9.17, 15) is 10.2 Å². The SMILES string of the molecule is Cc1cc(Cc2cc(O)c(C3CCCCC3)cc2C)c(O)c(C2CCCCC2)c1. The van der Waals surface area contributed by atoms with Gasteiger partial charge in [-0.05, 0) is 85.3 Å². The summed E-state index contributed by atoms with van der Waals surface area (Å²) in [6, 6.07) is 8.47. The van der Waals surface area contributed by atoms with Gasteiger partial charge in [-0.15, -0.1) is 0 Å². The molecule has 0 heterocycles. The van der Waals surface area contributed by atoms with Crippen LogP contribution < -0.4 is 0 Å². The average Bonchev–Trinajstić information content (AvgIpc) is 2.74. The van der Waals surface area contributed by atoms with Crippen molar-refractivity contribution in [3.63, 3.8) is 0 Å². The van der Waals surface area contributed by atoms with Gasteiger partial charge >= 0.3 is 0 Å². The molecule has 2 nitrogen and oxygen atoms in total. The number of aromatic hydroxyl groups is 2. The second-order valence-electron chi connectivity index (χ2n) is 9.55. The van der Waals surface area contributed by atoms with Crippen LogP contribution >= 0.6 is 0 Å². The summed E-state index contributed by atoms with van der Waals surface area (Å²) in [6.45, 7) is 4.28. The average molecular weight is 393 g/mol. The molecular weight excluding hydrogens is 356 g/mol. The molecule has 0 atom stereocenters. The summed E-state index contributed by atoms with van der Waals surface area (Å²) in [6.07, 6.45) is 13.2. The minimum Gasteiger partial charge on any atom is -0.508 e. The van der Waals surface area contributed by atoms with Gasteiger partial charge in [-0.2, -0.15) is 0 Å². The highest BCUT2D eigenvalue weighted by Crippen LogP contribution is 2.41. The smallest absolute Gasteiger partial charge is 0.122 e. The van der Waals surface area contributed by atoms with Crippen LogP contribution in [0.5, 0.6) is 11.5 Å². The van der Waals surface area contributed by atoms with Crippen molar-refractivity contribution in [2.24, 2.45) is 0 Å². The van der Waals surface area contributed by atoms with Gasteiger partial charge in [0.25, 0.3) is 0 Å². The number of phenols is 2. The minimum absolute atomic E-state index is 0.442. The van der Waals surface area contributed by atoms with Gasteiger partial charge in [0.15, 0.2) is 0 Å². The third-order valence-corrected chi connectivity index (χ3v) is 7.32. The topological polar surface area (TPSA) is 40.5 Å². The van der Waals surface area contributed by atoms with Crippen molar-refractivity contribution in [1.82, 2.24) is 0 Å². The van der Waals surface area contributed by atoms with Crippen molar-refractivity contribution in [3.8, 4) is 11.5 Å². The van der Waals surface area contributed by atoms with Crippen LogP contribution in [-0.2, 0) is 6.42 Å². The van der Waals surface area contributed by atoms with Crippen molar-refractivity contribution < 1.29 is 10.2 Å². The largest absolute Gasteiger partial charge is 0.508 e. The molecule has 2 saturated carbocycles. The van der Waals surface area contributed by atoms with Gasteiger partial charge in [-0.25, -0.2) is 0 Å². The Hall–Kier alpha value is -1.96. The highest BCUT2D eigenvalue weighted by atomic mass is 16.3. The molecule has 2 aliphatic rings. The maximum absolute atomic E-state index is 11.1. The van der Waals surface area contributed by atoms with Crippen molar-refractivity contribution in [1.29, 1.82) is 0 Å². The number of rotatable bonds is 4. The van der Waals surface area contributed by atoms with E-state index in [0.29, 0.717) is 29.8 Å². The summed E-state index contributed by atoms with van der Waals surface area (Å²) >= 11 is 0. The number of hydrogen-bond acceptors (Lipinski definition) is 2. The van der Waals surface area contributed by atoms with Gasteiger partial charge in [-0.3, -0.25) is 0 Å². The second kappa shape index (κ2) is 8.81. The Morgan fingerprint density at radius 3 is 1.90 bits per heavy atom. The monoisotopic (exact) mass is 392 g/mol. The zero-order chi connectivity index (χ0) is 20.4. The van der Waals surface area contributed by atoms with E-state index in [1.54, 1.807) is 0 Å². The first-order valence-electron chi connectivity index (χ1n) is 11.7. The third kappa shape index (κ3) is 4.47. The lowest BCUT2D eigenvalue weighted by atomic mass is 9.81. The number of hydrogen-bond donors (Lipinski definition) is 2. The Morgan fingerprint density at radius 1 is 0.690 bits per heavy atom. The van der Waals surface area contributed by atoms with Crippen molar-refractivity contribution >= 4 is 0 Å². The van der Waals surface area contributed by atoms with E-state index in [-0.39, 0.29) is 0 Å². The fourth-order valence-electron chi connectivity index (χ4n) is 5.64. The molecule has 2 heteroatoms. The molecule has 0 unspecified atom stereocenters. The predicted molar refractivity (Wildman–Crippen MR) is 120 cm³/mol. The standard InChI is InChI=1S/C27H36O2/c1-18-13-23(27(29)25(14-18)21-11-7-4-8-12-21)16-22-17-26(28)24(15-19(22)2)20-9-5-3-6-10-20/h13-15,17,20-21,28-29H,3-12,16H2,1-2H3. The molecule has 2 N–H and O–H groups in total. The Labute approximate surface area is 176 Å². The van der Waals surface area contributed by atoms with Crippen molar-refractivity contribution in [2.45, 2.75) is 96.3 Å². The summed E-state index contributed by atoms with van der Waals surface area (Å²) < 4.78 is 0. The lowest BCUT2D eigenvalue weighted by Gasteiger charge is -2.25. The first-order chi connectivity index (χ1) is 14.0. The van der Waals surface area contributed by atoms with Gasteiger partial charge in [0.1, 0.15) is 11.5 Å². The van der Waals surface area contributed by atoms with Gasteiger partial charge in [0.05, 0.1) is 0 Å². The minimum atomic E-state index is 0.442. The van der Waals surface area contributed by atoms with E-state index < -0.39 is 0 Å². The predicted octanol–water partition coefficient (Wildman–Crippen LogP) is 7.40. The fraction of sp³-hybridized carbons (Fsp3) is 0.556. The molecule has 0 bridgehead atoms. The summed E-state index contributed by atoms with van der Waals surface area (Å²) in [7, 11) is 0. The molecule has 2 aromatic carbocycles. The van der Waals surface area contributed by atoms with Crippen LogP contribution in [0.2, 0.25) is 0 Å². The summed E-state index contributed by atoms with van der Waals surface area (Å²) in [4.78, 5) is 0. The van der Waals surface area contributed by atoms with E-state index >= 15 is 0 Å². The van der Waals surface area contributed by atoms with E-state index in [0.717, 1.165) is 22.3 Å². The van der Waals surface area contributed by atoms with Crippen LogP contribution in [0.1, 0.15) is 109 Å². The van der Waals surface area contributed by atoms with Crippen LogP contribution in [0.4, 0.5) is 0 Å². The van der Waals surface area contributed by atoms with Gasteiger partial charge < -0.3 is 10.2 Å². The quantitative estimate of drug-likeness (QED) is 0.569. The molecule has 0 radical (unpaired) electrons. The lowest BCUT2D eigenvalue weighted by Crippen LogP contribution is -2.07. The summed E-state index contributed by atoms with van der Waals surface area (Å²) in [5.41, 5.74) is 6.83. The molecule has 0 saturated heterocycles. The first-order valence-corrected chi connectivity index (χ1v) is 11.7. The third-order valence-electron chi connectivity index (χ3n) is 7.32. The van der Waals surface area contributed by atoms with E-state index in [1.807, 2.05) is 6.07 Å². The molecule has 0 spiro atoms. The number of benzene rings is 2. The molecule has 2 aromatic rings. The molecule has 2 aliphatic carbocycles. The zero-order valence-electron chi connectivity index (χ0n) is 18.1. The molecule has 4 rings (SSSR count). The highest BCUT2D eigenvalue weighted by molar-refractivity contribution is 5.50. The van der Waals surface area contributed by atoms with Gasteiger partial charge in [0.2, 0.25) is 0 Å². The Kier molecular flexibility index (Phi) is 6.18. The Balaban J connectivity index is 1.62. The molecule has 29 heavy (non-hydrogen) atoms. The van der Waals surface area contributed by atoms with Crippen molar-refractivity contribution in [2.75, 3.05) is 0 Å². The van der Waals surface area contributed by atoms with Crippen LogP contribution in [-0.4, -0.2) is 10.2 Å². The van der Waals surface area contributed by atoms with E-state index in [2.05, 4.69) is 32.0 Å². The molecular formula is C27H36O2. The van der Waals surface area contributed by atoms with Gasteiger partial charge in [-0.1, -0.05) is 62.3 Å². The maximum Gasteiger partial charge on any atom is 0.122 e. The molecule has 156 valence electrons. The molecule has 0 amide bonds. The van der Waals surface area contributed by atoms with Crippen LogP contribution in [0.25, 0.3) is 0 Å². The van der Waals surface area contributed by atoms with Crippen molar-refractivity contribution in [3.05, 3.63) is 57.6 Å². The lowest BCUT2D eigenvalue weighted by molar-refractivity contribution is 0.411. The summed E-state index contributed by atoms with van der Waals surface area (Å²) in [5, 5.41) is 21.8. The normalized spacial score (nSPS) is 18.8. The fourth-order valence-corrected chi connectivity index (χ4v) is 5.64. The molecule has 0 aromatic heterocycles.